The van der Waals surface area contributed by atoms with Crippen LogP contribution < -0.4 is 10.2 Å². The molecule has 3 amide bonds. The van der Waals surface area contributed by atoms with Gasteiger partial charge in [0.05, 0.1) is 0 Å². The zero-order valence-corrected chi connectivity index (χ0v) is 21.5. The summed E-state index contributed by atoms with van der Waals surface area (Å²) in [6.07, 6.45) is 2.36. The molecule has 7 nitrogen and oxygen atoms in total. The maximum atomic E-state index is 13.5. The highest BCUT2D eigenvalue weighted by atomic mass is 16.2. The molecule has 192 valence electrons. The summed E-state index contributed by atoms with van der Waals surface area (Å²) in [5, 5.41) is 2.95. The lowest BCUT2D eigenvalue weighted by atomic mass is 9.96. The Kier molecular flexibility index (Phi) is 8.62. The molecule has 0 spiro atoms. The molecule has 2 aliphatic heterocycles. The molecule has 2 fully saturated rings. The summed E-state index contributed by atoms with van der Waals surface area (Å²) in [7, 11) is 0. The van der Waals surface area contributed by atoms with Crippen LogP contribution in [-0.2, 0) is 9.59 Å². The Hall–Kier alpha value is -3.35. The normalized spacial score (nSPS) is 19.9. The average molecular weight is 491 g/mol. The second-order valence-electron chi connectivity index (χ2n) is 9.92. The van der Waals surface area contributed by atoms with Gasteiger partial charge in [0.25, 0.3) is 5.91 Å². The van der Waals surface area contributed by atoms with E-state index >= 15 is 0 Å². The van der Waals surface area contributed by atoms with Crippen molar-refractivity contribution in [3.8, 4) is 0 Å². The number of anilines is 1. The summed E-state index contributed by atoms with van der Waals surface area (Å²) >= 11 is 0. The van der Waals surface area contributed by atoms with Crippen LogP contribution in [0.2, 0.25) is 0 Å². The minimum absolute atomic E-state index is 0.0620. The maximum Gasteiger partial charge on any atom is 0.253 e. The predicted molar refractivity (Wildman–Crippen MR) is 142 cm³/mol. The van der Waals surface area contributed by atoms with Gasteiger partial charge in [0.2, 0.25) is 11.8 Å². The summed E-state index contributed by atoms with van der Waals surface area (Å²) < 4.78 is 0. The van der Waals surface area contributed by atoms with Gasteiger partial charge >= 0.3 is 0 Å². The lowest BCUT2D eigenvalue weighted by Gasteiger charge is -2.38. The van der Waals surface area contributed by atoms with Crippen molar-refractivity contribution in [1.82, 2.24) is 15.1 Å². The van der Waals surface area contributed by atoms with Gasteiger partial charge in [-0.05, 0) is 62.4 Å². The highest BCUT2D eigenvalue weighted by Crippen LogP contribution is 2.25. The van der Waals surface area contributed by atoms with Crippen LogP contribution in [0.15, 0.2) is 48.5 Å². The zero-order chi connectivity index (χ0) is 25.5. The molecule has 2 aromatic carbocycles. The molecule has 0 aromatic heterocycles. The number of hydrogen-bond donors (Lipinski definition) is 1. The lowest BCUT2D eigenvalue weighted by molar-refractivity contribution is -0.136. The van der Waals surface area contributed by atoms with Gasteiger partial charge in [-0.15, -0.1) is 0 Å². The third-order valence-electron chi connectivity index (χ3n) is 7.57. The molecule has 7 heteroatoms. The molecule has 2 heterocycles. The number of rotatable bonds is 3. The van der Waals surface area contributed by atoms with E-state index in [1.807, 2.05) is 23.1 Å². The molecular formula is C29H38N4O3. The fraction of sp³-hybridized carbons (Fsp3) is 0.483. The van der Waals surface area contributed by atoms with Crippen LogP contribution in [0.3, 0.4) is 0 Å². The first-order valence-corrected chi connectivity index (χ1v) is 13.1. The highest BCUT2D eigenvalue weighted by Gasteiger charge is 2.29. The maximum absolute atomic E-state index is 13.5. The van der Waals surface area contributed by atoms with Gasteiger partial charge in [0.1, 0.15) is 0 Å². The van der Waals surface area contributed by atoms with E-state index in [2.05, 4.69) is 42.3 Å². The van der Waals surface area contributed by atoms with Crippen LogP contribution in [0.5, 0.6) is 0 Å². The van der Waals surface area contributed by atoms with E-state index < -0.39 is 0 Å². The van der Waals surface area contributed by atoms with Crippen molar-refractivity contribution in [2.45, 2.75) is 39.5 Å². The first kappa shape index (κ1) is 25.7. The van der Waals surface area contributed by atoms with Crippen LogP contribution in [-0.4, -0.2) is 73.3 Å². The standard InChI is InChI=1S/C29H38N4O3/c1-22-8-6-12-26(23(22)2)31-18-20-33(21-19-31)29(36)25-11-7-16-32(17-14-27(34)30-15-13-25)28(35)24-9-4-3-5-10-24/h3-6,8-10,12,25H,7,11,13-21H2,1-2H3,(H,30,34). The van der Waals surface area contributed by atoms with Gasteiger partial charge in [-0.2, -0.15) is 0 Å². The van der Waals surface area contributed by atoms with Crippen LogP contribution in [0.25, 0.3) is 0 Å². The Bertz CT molecular complexity index is 1060. The van der Waals surface area contributed by atoms with E-state index in [4.69, 9.17) is 0 Å². The van der Waals surface area contributed by atoms with Crippen LogP contribution in [0, 0.1) is 19.8 Å². The van der Waals surface area contributed by atoms with E-state index in [-0.39, 0.29) is 30.1 Å². The molecule has 4 rings (SSSR count). The molecule has 1 atom stereocenters. The van der Waals surface area contributed by atoms with Gasteiger partial charge in [-0.1, -0.05) is 30.3 Å². The molecule has 2 aromatic rings. The molecule has 0 aliphatic carbocycles. The third-order valence-corrected chi connectivity index (χ3v) is 7.57. The summed E-state index contributed by atoms with van der Waals surface area (Å²) in [6.45, 7) is 8.76. The number of aryl methyl sites for hydroxylation is 1. The largest absolute Gasteiger partial charge is 0.368 e. The van der Waals surface area contributed by atoms with E-state index in [0.717, 1.165) is 19.5 Å². The van der Waals surface area contributed by atoms with Crippen molar-refractivity contribution >= 4 is 23.4 Å². The van der Waals surface area contributed by atoms with Crippen molar-refractivity contribution in [2.24, 2.45) is 5.92 Å². The van der Waals surface area contributed by atoms with Gasteiger partial charge in [-0.25, -0.2) is 0 Å². The number of hydrogen-bond acceptors (Lipinski definition) is 4. The number of carbonyl (C=O) groups excluding carboxylic acids is 3. The number of nitrogens with zero attached hydrogens (tertiary/aromatic N) is 3. The summed E-state index contributed by atoms with van der Waals surface area (Å²) in [5.74, 6) is -0.112. The lowest BCUT2D eigenvalue weighted by Crippen LogP contribution is -2.51. The Morgan fingerprint density at radius 3 is 2.33 bits per heavy atom. The first-order chi connectivity index (χ1) is 17.4. The minimum Gasteiger partial charge on any atom is -0.368 e. The van der Waals surface area contributed by atoms with Crippen molar-refractivity contribution in [1.29, 1.82) is 0 Å². The fourth-order valence-electron chi connectivity index (χ4n) is 5.21. The molecule has 2 saturated heterocycles. The topological polar surface area (TPSA) is 73.0 Å². The average Bonchev–Trinajstić information content (AvgIpc) is 2.95. The van der Waals surface area contributed by atoms with Crippen molar-refractivity contribution in [3.63, 3.8) is 0 Å². The third kappa shape index (κ3) is 6.25. The Morgan fingerprint density at radius 2 is 1.58 bits per heavy atom. The molecule has 0 radical (unpaired) electrons. The second-order valence-corrected chi connectivity index (χ2v) is 9.92. The van der Waals surface area contributed by atoms with E-state index in [9.17, 15) is 14.4 Å². The molecular weight excluding hydrogens is 452 g/mol. The first-order valence-electron chi connectivity index (χ1n) is 13.1. The fourth-order valence-corrected chi connectivity index (χ4v) is 5.21. The second kappa shape index (κ2) is 12.1. The molecule has 1 unspecified atom stereocenters. The molecule has 0 bridgehead atoms. The Balaban J connectivity index is 1.37. The Morgan fingerprint density at radius 1 is 0.833 bits per heavy atom. The van der Waals surface area contributed by atoms with E-state index in [1.165, 1.54) is 16.8 Å². The van der Waals surface area contributed by atoms with Crippen LogP contribution in [0.4, 0.5) is 5.69 Å². The monoisotopic (exact) mass is 490 g/mol. The number of piperazine rings is 1. The van der Waals surface area contributed by atoms with Crippen LogP contribution in [0.1, 0.15) is 47.2 Å². The van der Waals surface area contributed by atoms with Gasteiger partial charge in [0.15, 0.2) is 0 Å². The summed E-state index contributed by atoms with van der Waals surface area (Å²) in [4.78, 5) is 45.0. The summed E-state index contributed by atoms with van der Waals surface area (Å²) in [5.41, 5.74) is 4.46. The Labute approximate surface area is 214 Å². The minimum atomic E-state index is -0.149. The van der Waals surface area contributed by atoms with E-state index in [1.54, 1.807) is 17.0 Å². The SMILES string of the molecule is Cc1cccc(N2CCN(C(=O)C3CCCN(C(=O)c4ccccc4)CCC(=O)NCC3)CC2)c1C. The van der Waals surface area contributed by atoms with Crippen molar-refractivity contribution in [2.75, 3.05) is 50.7 Å². The predicted octanol–water partition coefficient (Wildman–Crippen LogP) is 3.40. The molecule has 1 N–H and O–H groups in total. The molecule has 36 heavy (non-hydrogen) atoms. The molecule has 0 saturated carbocycles. The summed E-state index contributed by atoms with van der Waals surface area (Å²) in [6, 6.07) is 15.6. The van der Waals surface area contributed by atoms with Crippen molar-refractivity contribution < 1.29 is 14.4 Å². The van der Waals surface area contributed by atoms with Gasteiger partial charge in [0, 0.05) is 69.4 Å². The van der Waals surface area contributed by atoms with Gasteiger partial charge in [-0.3, -0.25) is 14.4 Å². The number of benzene rings is 2. The van der Waals surface area contributed by atoms with Crippen LogP contribution >= 0.6 is 0 Å². The number of amides is 3. The number of carbonyl (C=O) groups is 3. The van der Waals surface area contributed by atoms with Crippen molar-refractivity contribution in [3.05, 3.63) is 65.2 Å². The quantitative estimate of drug-likeness (QED) is 0.716. The van der Waals surface area contributed by atoms with E-state index in [0.29, 0.717) is 51.1 Å². The number of nitrogens with one attached hydrogen (secondary N) is 1. The molecule has 2 aliphatic rings. The smallest absolute Gasteiger partial charge is 0.253 e. The van der Waals surface area contributed by atoms with Gasteiger partial charge < -0.3 is 20.0 Å². The highest BCUT2D eigenvalue weighted by molar-refractivity contribution is 5.94. The zero-order valence-electron chi connectivity index (χ0n) is 21.5.